The first-order chi connectivity index (χ1) is 8.68. The van der Waals surface area contributed by atoms with Gasteiger partial charge in [-0.15, -0.1) is 11.3 Å². The van der Waals surface area contributed by atoms with E-state index in [4.69, 9.17) is 0 Å². The Kier molecular flexibility index (Phi) is 4.36. The summed E-state index contributed by atoms with van der Waals surface area (Å²) in [5.74, 6) is -0.0230. The van der Waals surface area contributed by atoms with Crippen molar-refractivity contribution in [3.05, 3.63) is 22.4 Å². The van der Waals surface area contributed by atoms with Crippen LogP contribution in [0.15, 0.2) is 17.5 Å². The Morgan fingerprint density at radius 2 is 2.39 bits per heavy atom. The number of hydrogen-bond donors (Lipinski definition) is 1. The molecule has 4 nitrogen and oxygen atoms in total. The molecular weight excluding hydrogens is 248 g/mol. The van der Waals surface area contributed by atoms with Gasteiger partial charge in [0, 0.05) is 24.9 Å². The number of amides is 2. The second kappa shape index (κ2) is 6.00. The summed E-state index contributed by atoms with van der Waals surface area (Å²) in [7, 11) is 0. The molecule has 0 aliphatic carbocycles. The molecule has 1 fully saturated rings. The van der Waals surface area contributed by atoms with Gasteiger partial charge in [-0.1, -0.05) is 6.07 Å². The molecule has 0 aromatic carbocycles. The van der Waals surface area contributed by atoms with Gasteiger partial charge in [0.15, 0.2) is 0 Å². The first-order valence-corrected chi connectivity index (χ1v) is 7.14. The molecule has 2 amide bonds. The summed E-state index contributed by atoms with van der Waals surface area (Å²) in [6, 6.07) is 3.82. The quantitative estimate of drug-likeness (QED) is 0.896. The molecule has 0 bridgehead atoms. The predicted octanol–water partition coefficient (Wildman–Crippen LogP) is 1.42. The van der Waals surface area contributed by atoms with E-state index in [1.807, 2.05) is 11.4 Å². The molecule has 2 heterocycles. The summed E-state index contributed by atoms with van der Waals surface area (Å²) in [6.07, 6.45) is 2.56. The minimum Gasteiger partial charge on any atom is -0.354 e. The van der Waals surface area contributed by atoms with Gasteiger partial charge >= 0.3 is 0 Å². The minimum atomic E-state index is -0.258. The lowest BCUT2D eigenvalue weighted by atomic mass is 10.2. The van der Waals surface area contributed by atoms with Crippen LogP contribution in [-0.4, -0.2) is 35.8 Å². The summed E-state index contributed by atoms with van der Waals surface area (Å²) in [5.41, 5.74) is 0. The molecule has 0 saturated carbocycles. The number of nitrogens with zero attached hydrogens (tertiary/aromatic N) is 1. The highest BCUT2D eigenvalue weighted by molar-refractivity contribution is 7.09. The van der Waals surface area contributed by atoms with Crippen LogP contribution < -0.4 is 5.32 Å². The Morgan fingerprint density at radius 3 is 3.06 bits per heavy atom. The Labute approximate surface area is 111 Å². The van der Waals surface area contributed by atoms with Gasteiger partial charge < -0.3 is 10.2 Å². The van der Waals surface area contributed by atoms with Crippen LogP contribution in [0.4, 0.5) is 0 Å². The van der Waals surface area contributed by atoms with Crippen molar-refractivity contribution in [2.45, 2.75) is 32.2 Å². The van der Waals surface area contributed by atoms with Crippen LogP contribution in [0.25, 0.3) is 0 Å². The van der Waals surface area contributed by atoms with Crippen molar-refractivity contribution in [3.63, 3.8) is 0 Å². The summed E-state index contributed by atoms with van der Waals surface area (Å²) >= 11 is 1.70. The topological polar surface area (TPSA) is 49.4 Å². The van der Waals surface area contributed by atoms with Gasteiger partial charge in [-0.05, 0) is 30.7 Å². The standard InChI is InChI=1S/C13H18N2O2S/c1-10(16)15-8-2-5-12(15)13(17)14-7-6-11-4-3-9-18-11/h3-4,9,12H,2,5-8H2,1H3,(H,14,17)/t12-/m0/s1. The van der Waals surface area contributed by atoms with E-state index in [1.54, 1.807) is 16.2 Å². The lowest BCUT2D eigenvalue weighted by Crippen LogP contribution is -2.45. The number of rotatable bonds is 4. The number of nitrogens with one attached hydrogen (secondary N) is 1. The van der Waals surface area contributed by atoms with Crippen molar-refractivity contribution < 1.29 is 9.59 Å². The molecule has 1 N–H and O–H groups in total. The van der Waals surface area contributed by atoms with E-state index in [2.05, 4.69) is 11.4 Å². The highest BCUT2D eigenvalue weighted by Gasteiger charge is 2.31. The predicted molar refractivity (Wildman–Crippen MR) is 71.4 cm³/mol. The molecule has 1 aromatic rings. The van der Waals surface area contributed by atoms with Crippen molar-refractivity contribution in [2.24, 2.45) is 0 Å². The Hall–Kier alpha value is -1.36. The molecular formula is C13H18N2O2S. The van der Waals surface area contributed by atoms with Crippen molar-refractivity contribution in [3.8, 4) is 0 Å². The Bertz CT molecular complexity index is 417. The molecule has 0 spiro atoms. The van der Waals surface area contributed by atoms with E-state index < -0.39 is 0 Å². The van der Waals surface area contributed by atoms with Crippen LogP contribution >= 0.6 is 11.3 Å². The monoisotopic (exact) mass is 266 g/mol. The zero-order valence-corrected chi connectivity index (χ0v) is 11.3. The molecule has 0 unspecified atom stereocenters. The van der Waals surface area contributed by atoms with E-state index in [-0.39, 0.29) is 17.9 Å². The third kappa shape index (κ3) is 3.10. The summed E-state index contributed by atoms with van der Waals surface area (Å²) < 4.78 is 0. The fraction of sp³-hybridized carbons (Fsp3) is 0.538. The van der Waals surface area contributed by atoms with Gasteiger partial charge in [-0.2, -0.15) is 0 Å². The highest BCUT2D eigenvalue weighted by Crippen LogP contribution is 2.17. The van der Waals surface area contributed by atoms with Gasteiger partial charge in [0.05, 0.1) is 0 Å². The number of thiophene rings is 1. The molecule has 18 heavy (non-hydrogen) atoms. The number of likely N-dealkylation sites (tertiary alicyclic amines) is 1. The van der Waals surface area contributed by atoms with E-state index in [0.29, 0.717) is 13.1 Å². The second-order valence-corrected chi connectivity index (χ2v) is 5.52. The van der Waals surface area contributed by atoms with Gasteiger partial charge in [-0.25, -0.2) is 0 Å². The van der Waals surface area contributed by atoms with Crippen LogP contribution in [0.5, 0.6) is 0 Å². The first-order valence-electron chi connectivity index (χ1n) is 6.26. The fourth-order valence-corrected chi connectivity index (χ4v) is 3.01. The average Bonchev–Trinajstić information content (AvgIpc) is 2.99. The maximum absolute atomic E-state index is 12.0. The van der Waals surface area contributed by atoms with Gasteiger partial charge in [0.25, 0.3) is 0 Å². The van der Waals surface area contributed by atoms with E-state index >= 15 is 0 Å². The molecule has 0 radical (unpaired) electrons. The third-order valence-corrected chi connectivity index (χ3v) is 4.15. The summed E-state index contributed by atoms with van der Waals surface area (Å²) in [6.45, 7) is 2.87. The van der Waals surface area contributed by atoms with E-state index in [0.717, 1.165) is 19.3 Å². The lowest BCUT2D eigenvalue weighted by molar-refractivity contribution is -0.136. The molecule has 2 rings (SSSR count). The SMILES string of the molecule is CC(=O)N1CCC[C@H]1C(=O)NCCc1cccs1. The number of carbonyl (C=O) groups excluding carboxylic acids is 2. The van der Waals surface area contributed by atoms with Crippen molar-refractivity contribution >= 4 is 23.2 Å². The van der Waals surface area contributed by atoms with Crippen LogP contribution in [-0.2, 0) is 16.0 Å². The minimum absolute atomic E-state index is 0.00842. The lowest BCUT2D eigenvalue weighted by Gasteiger charge is -2.22. The van der Waals surface area contributed by atoms with Gasteiger partial charge in [0.1, 0.15) is 6.04 Å². The number of carbonyl (C=O) groups is 2. The van der Waals surface area contributed by atoms with Crippen LogP contribution in [0, 0.1) is 0 Å². The molecule has 1 saturated heterocycles. The largest absolute Gasteiger partial charge is 0.354 e. The van der Waals surface area contributed by atoms with Crippen molar-refractivity contribution in [1.29, 1.82) is 0 Å². The average molecular weight is 266 g/mol. The molecule has 1 aromatic heterocycles. The molecule has 1 atom stereocenters. The van der Waals surface area contributed by atoms with E-state index in [9.17, 15) is 9.59 Å². The Balaban J connectivity index is 1.79. The molecule has 98 valence electrons. The normalized spacial score (nSPS) is 18.9. The maximum Gasteiger partial charge on any atom is 0.242 e. The summed E-state index contributed by atoms with van der Waals surface area (Å²) in [5, 5.41) is 4.95. The molecule has 5 heteroatoms. The fourth-order valence-electron chi connectivity index (χ4n) is 2.30. The smallest absolute Gasteiger partial charge is 0.242 e. The van der Waals surface area contributed by atoms with E-state index in [1.165, 1.54) is 11.8 Å². The van der Waals surface area contributed by atoms with Crippen LogP contribution in [0.3, 0.4) is 0 Å². The van der Waals surface area contributed by atoms with Crippen molar-refractivity contribution in [2.75, 3.05) is 13.1 Å². The zero-order valence-electron chi connectivity index (χ0n) is 10.5. The summed E-state index contributed by atoms with van der Waals surface area (Å²) in [4.78, 5) is 26.3. The Morgan fingerprint density at radius 1 is 1.56 bits per heavy atom. The zero-order chi connectivity index (χ0) is 13.0. The molecule has 1 aliphatic rings. The van der Waals surface area contributed by atoms with Crippen molar-refractivity contribution in [1.82, 2.24) is 10.2 Å². The van der Waals surface area contributed by atoms with Gasteiger partial charge in [0.2, 0.25) is 11.8 Å². The van der Waals surface area contributed by atoms with Gasteiger partial charge in [-0.3, -0.25) is 9.59 Å². The molecule has 1 aliphatic heterocycles. The second-order valence-electron chi connectivity index (χ2n) is 4.49. The van der Waals surface area contributed by atoms with Crippen LogP contribution in [0.1, 0.15) is 24.6 Å². The highest BCUT2D eigenvalue weighted by atomic mass is 32.1. The van der Waals surface area contributed by atoms with Crippen LogP contribution in [0.2, 0.25) is 0 Å². The third-order valence-electron chi connectivity index (χ3n) is 3.21. The maximum atomic E-state index is 12.0. The number of hydrogen-bond acceptors (Lipinski definition) is 3. The first kappa shape index (κ1) is 13.1.